The Kier molecular flexibility index (Phi) is 7.32. The van der Waals surface area contributed by atoms with Gasteiger partial charge < -0.3 is 10.5 Å². The van der Waals surface area contributed by atoms with Crippen LogP contribution < -0.4 is 16.0 Å². The molecule has 0 radical (unpaired) electrons. The second kappa shape index (κ2) is 10.9. The van der Waals surface area contributed by atoms with Crippen LogP contribution in [0.1, 0.15) is 30.6 Å². The highest BCUT2D eigenvalue weighted by molar-refractivity contribution is 7.37. The van der Waals surface area contributed by atoms with E-state index in [1.807, 2.05) is 49.6 Å². The lowest BCUT2D eigenvalue weighted by atomic mass is 9.95. The number of fused-ring (bicyclic) bond motifs is 2. The first-order valence-electron chi connectivity index (χ1n) is 12.9. The molecule has 0 saturated carbocycles. The Morgan fingerprint density at radius 3 is 2.59 bits per heavy atom. The Morgan fingerprint density at radius 1 is 1.10 bits per heavy atom. The third-order valence-electron chi connectivity index (χ3n) is 7.00. The normalized spacial score (nSPS) is 12.4. The average Bonchev–Trinajstić information content (AvgIpc) is 3.52. The average molecular weight is 605 g/mol. The molecule has 2 N–H and O–H groups in total. The van der Waals surface area contributed by atoms with E-state index in [1.54, 1.807) is 21.2 Å². The monoisotopic (exact) mass is 604 g/mol. The van der Waals surface area contributed by atoms with Crippen LogP contribution >= 0.6 is 29.8 Å². The molecule has 0 aliphatic carbocycles. The fourth-order valence-corrected chi connectivity index (χ4v) is 6.43. The van der Waals surface area contributed by atoms with Crippen molar-refractivity contribution in [3.8, 4) is 28.1 Å². The number of aryl methyl sites for hydroxylation is 1. The van der Waals surface area contributed by atoms with Crippen molar-refractivity contribution >= 4 is 51.5 Å². The van der Waals surface area contributed by atoms with Gasteiger partial charge in [0, 0.05) is 16.6 Å². The molecular weight excluding hydrogens is 577 g/mol. The molecule has 3 atom stereocenters. The van der Waals surface area contributed by atoms with Crippen molar-refractivity contribution in [2.75, 3.05) is 5.73 Å². The Balaban J connectivity index is 1.61. The molecule has 6 rings (SSSR count). The first kappa shape index (κ1) is 27.5. The summed E-state index contributed by atoms with van der Waals surface area (Å²) in [6.45, 7) is 3.96. The van der Waals surface area contributed by atoms with E-state index >= 15 is 4.39 Å². The van der Waals surface area contributed by atoms with Crippen molar-refractivity contribution in [3.63, 3.8) is 0 Å². The number of nitrogens with zero attached hydrogens (tertiary/aromatic N) is 5. The molecule has 0 amide bonds. The number of rotatable bonds is 7. The molecule has 0 saturated heterocycles. The second-order valence-electron chi connectivity index (χ2n) is 9.60. The Labute approximate surface area is 243 Å². The highest BCUT2D eigenvalue weighted by Gasteiger charge is 2.27. The molecule has 208 valence electrons. The highest BCUT2D eigenvalue weighted by atomic mass is 32.1. The molecule has 0 aliphatic rings. The molecule has 2 unspecified atom stereocenters. The molecule has 0 bridgehead atoms. The van der Waals surface area contributed by atoms with E-state index in [0.717, 1.165) is 21.7 Å². The zero-order chi connectivity index (χ0) is 28.8. The molecule has 0 fully saturated rings. The van der Waals surface area contributed by atoms with Crippen LogP contribution in [-0.4, -0.2) is 29.7 Å². The van der Waals surface area contributed by atoms with Gasteiger partial charge in [-0.3, -0.25) is 9.20 Å². The molecule has 4 heterocycles. The van der Waals surface area contributed by atoms with E-state index in [-0.39, 0.29) is 28.8 Å². The van der Waals surface area contributed by atoms with E-state index in [1.165, 1.54) is 23.7 Å². The van der Waals surface area contributed by atoms with Crippen LogP contribution in [0.15, 0.2) is 71.1 Å². The van der Waals surface area contributed by atoms with Crippen LogP contribution in [0.2, 0.25) is 0 Å². The maximum absolute atomic E-state index is 15.1. The van der Waals surface area contributed by atoms with Gasteiger partial charge in [-0.1, -0.05) is 55.7 Å². The highest BCUT2D eigenvalue weighted by Crippen LogP contribution is 2.38. The lowest BCUT2D eigenvalue weighted by Crippen LogP contribution is -2.22. The molecule has 2 aromatic carbocycles. The van der Waals surface area contributed by atoms with E-state index < -0.39 is 5.82 Å². The minimum Gasteiger partial charge on any atom is -0.480 e. The molecule has 41 heavy (non-hydrogen) atoms. The van der Waals surface area contributed by atoms with Crippen molar-refractivity contribution in [2.24, 2.45) is 0 Å². The van der Waals surface area contributed by atoms with Gasteiger partial charge in [-0.2, -0.15) is 5.10 Å². The summed E-state index contributed by atoms with van der Waals surface area (Å²) in [7, 11) is 4.89. The number of halogens is 1. The van der Waals surface area contributed by atoms with Crippen LogP contribution in [-0.2, 0) is 0 Å². The maximum Gasteiger partial charge on any atom is 0.264 e. The number of hydrogen-bond donors (Lipinski definition) is 1. The zero-order valence-electron chi connectivity index (χ0n) is 22.3. The molecule has 4 aromatic heterocycles. The van der Waals surface area contributed by atoms with E-state index in [2.05, 4.69) is 34.5 Å². The number of hydrogen-bond acceptors (Lipinski definition) is 7. The third kappa shape index (κ3) is 4.80. The topological polar surface area (TPSA) is 100 Å². The fourth-order valence-electron chi connectivity index (χ4n) is 5.21. The van der Waals surface area contributed by atoms with Gasteiger partial charge in [0.1, 0.15) is 28.3 Å². The first-order chi connectivity index (χ1) is 19.8. The quantitative estimate of drug-likeness (QED) is 0.216. The first-order valence-corrected chi connectivity index (χ1v) is 15.1. The van der Waals surface area contributed by atoms with Crippen LogP contribution in [0.5, 0.6) is 5.75 Å². The summed E-state index contributed by atoms with van der Waals surface area (Å²) in [5, 5.41) is 7.45. The third-order valence-corrected chi connectivity index (χ3v) is 8.27. The summed E-state index contributed by atoms with van der Waals surface area (Å²) in [6.07, 6.45) is 1.99. The molecule has 6 aromatic rings. The molecule has 0 spiro atoms. The van der Waals surface area contributed by atoms with E-state index in [9.17, 15) is 4.79 Å². The Morgan fingerprint density at radius 2 is 1.88 bits per heavy atom. The van der Waals surface area contributed by atoms with Crippen molar-refractivity contribution < 1.29 is 9.13 Å². The minimum absolute atomic E-state index is 0.0918. The lowest BCUT2D eigenvalue weighted by molar-refractivity contribution is 0.343. The number of anilines is 1. The van der Waals surface area contributed by atoms with Crippen LogP contribution in [0.25, 0.3) is 38.2 Å². The number of aromatic nitrogens is 5. The lowest BCUT2D eigenvalue weighted by Gasteiger charge is -2.21. The van der Waals surface area contributed by atoms with Crippen molar-refractivity contribution in [1.82, 2.24) is 24.1 Å². The summed E-state index contributed by atoms with van der Waals surface area (Å²) in [4.78, 5) is 23.6. The van der Waals surface area contributed by atoms with Gasteiger partial charge >= 0.3 is 0 Å². The molecule has 12 heteroatoms. The van der Waals surface area contributed by atoms with Crippen molar-refractivity contribution in [1.29, 1.82) is 0 Å². The SMILES string of the molecule is CC[C@@H](c1cc2scc(C)n2c(=O)c1-c1ccccc1)n1nc(-c2ccc(OC(P)P)c(F)c2)c2c(N)ncnc21. The summed E-state index contributed by atoms with van der Waals surface area (Å²) in [5.41, 5.74) is 10.5. The summed E-state index contributed by atoms with van der Waals surface area (Å²) >= 11 is 1.52. The van der Waals surface area contributed by atoms with Gasteiger partial charge in [0.2, 0.25) is 0 Å². The number of ether oxygens (including phenoxy) is 1. The number of thiazole rings is 1. The molecular formula is C29H27FN6O2P2S. The van der Waals surface area contributed by atoms with Crippen LogP contribution in [0.3, 0.4) is 0 Å². The van der Waals surface area contributed by atoms with Gasteiger partial charge in [-0.25, -0.2) is 19.0 Å². The summed E-state index contributed by atoms with van der Waals surface area (Å²) < 4.78 is 24.1. The van der Waals surface area contributed by atoms with Gasteiger partial charge in [0.15, 0.2) is 17.2 Å². The largest absolute Gasteiger partial charge is 0.480 e. The Hall–Kier alpha value is -3.71. The number of nitrogens with two attached hydrogens (primary N) is 1. The summed E-state index contributed by atoms with van der Waals surface area (Å²) in [6, 6.07) is 16.0. The van der Waals surface area contributed by atoms with E-state index in [0.29, 0.717) is 34.3 Å². The minimum atomic E-state index is -0.527. The number of benzene rings is 2. The molecule has 8 nitrogen and oxygen atoms in total. The number of pyridine rings is 1. The van der Waals surface area contributed by atoms with Gasteiger partial charge in [0.25, 0.3) is 5.56 Å². The van der Waals surface area contributed by atoms with E-state index in [4.69, 9.17) is 15.6 Å². The van der Waals surface area contributed by atoms with Gasteiger partial charge in [-0.05, 0) is 48.7 Å². The number of nitrogen functional groups attached to an aromatic ring is 1. The van der Waals surface area contributed by atoms with Crippen LogP contribution in [0.4, 0.5) is 10.2 Å². The summed E-state index contributed by atoms with van der Waals surface area (Å²) in [5.74, 6) is -0.175. The van der Waals surface area contributed by atoms with Crippen LogP contribution in [0, 0.1) is 12.7 Å². The fraction of sp³-hybridized carbons (Fsp3) is 0.172. The molecule has 0 aliphatic heterocycles. The van der Waals surface area contributed by atoms with Crippen molar-refractivity contribution in [3.05, 3.63) is 93.7 Å². The smallest absolute Gasteiger partial charge is 0.264 e. The Bertz CT molecular complexity index is 1970. The maximum atomic E-state index is 15.1. The van der Waals surface area contributed by atoms with Gasteiger partial charge in [-0.15, -0.1) is 11.3 Å². The standard InChI is InChI=1S/C29H27FN6O2P2S/c1-3-20(18-12-22-35(15(2)13-41-22)28(37)23(18)16-7-5-4-6-8-16)36-27-24(26(31)32-14-33-27)25(34-36)17-9-10-21(19(30)11-17)38-29(39)40/h4-14,20,29H,3,39-40H2,1-2H3,(H2,31,32,33)/t20-/m0/s1. The zero-order valence-corrected chi connectivity index (χ0v) is 25.4. The predicted molar refractivity (Wildman–Crippen MR) is 169 cm³/mol. The van der Waals surface area contributed by atoms with Crippen molar-refractivity contribution in [2.45, 2.75) is 31.9 Å². The predicted octanol–water partition coefficient (Wildman–Crippen LogP) is 6.28. The van der Waals surface area contributed by atoms with Gasteiger partial charge in [0.05, 0.1) is 17.0 Å². The second-order valence-corrected chi connectivity index (χ2v) is 12.6.